The lowest BCUT2D eigenvalue weighted by Crippen LogP contribution is -2.09. The highest BCUT2D eigenvalue weighted by atomic mass is 16.6. The molecule has 0 radical (unpaired) electrons. The van der Waals surface area contributed by atoms with E-state index in [0.29, 0.717) is 19.6 Å². The van der Waals surface area contributed by atoms with E-state index in [9.17, 15) is 4.79 Å². The summed E-state index contributed by atoms with van der Waals surface area (Å²) in [7, 11) is 1.61. The summed E-state index contributed by atoms with van der Waals surface area (Å²) in [5.74, 6) is 12.3. The average Bonchev–Trinajstić information content (AvgIpc) is 2.77. The van der Waals surface area contributed by atoms with Crippen molar-refractivity contribution >= 4 is 5.97 Å². The summed E-state index contributed by atoms with van der Waals surface area (Å²) < 4.78 is 9.90. The van der Waals surface area contributed by atoms with E-state index in [0.717, 1.165) is 25.7 Å². The third-order valence-electron chi connectivity index (χ3n) is 5.38. The average molecular weight is 433 g/mol. The Bertz CT molecular complexity index is 504. The molecular formula is C28H48O3. The van der Waals surface area contributed by atoms with Crippen molar-refractivity contribution in [3.05, 3.63) is 0 Å². The van der Waals surface area contributed by atoms with Crippen LogP contribution in [0.2, 0.25) is 0 Å². The second-order valence-corrected chi connectivity index (χ2v) is 8.37. The van der Waals surface area contributed by atoms with Gasteiger partial charge >= 0.3 is 5.97 Å². The molecule has 0 aliphatic heterocycles. The van der Waals surface area contributed by atoms with Crippen molar-refractivity contribution in [2.75, 3.05) is 20.3 Å². The second-order valence-electron chi connectivity index (χ2n) is 8.37. The summed E-state index contributed by atoms with van der Waals surface area (Å²) in [6, 6.07) is 0. The SMILES string of the molecule is CCCCCCCCCCC#CC#CCCCCCCCCCCC(=O)OCCOC. The quantitative estimate of drug-likeness (QED) is 0.106. The first kappa shape index (κ1) is 29.5. The van der Waals surface area contributed by atoms with Crippen molar-refractivity contribution in [1.29, 1.82) is 0 Å². The zero-order chi connectivity index (χ0) is 22.7. The molecule has 178 valence electrons. The molecule has 0 aromatic rings. The molecule has 0 unspecified atom stereocenters. The summed E-state index contributed by atoms with van der Waals surface area (Å²) in [4.78, 5) is 11.4. The van der Waals surface area contributed by atoms with Crippen LogP contribution in [0.3, 0.4) is 0 Å². The number of ether oxygens (including phenoxy) is 2. The lowest BCUT2D eigenvalue weighted by Gasteiger charge is -2.04. The number of carbonyl (C=O) groups excluding carboxylic acids is 1. The highest BCUT2D eigenvalue weighted by Crippen LogP contribution is 2.11. The number of methoxy groups -OCH3 is 1. The first-order valence-corrected chi connectivity index (χ1v) is 12.9. The first-order valence-electron chi connectivity index (χ1n) is 12.9. The fourth-order valence-corrected chi connectivity index (χ4v) is 3.42. The maximum Gasteiger partial charge on any atom is 0.305 e. The van der Waals surface area contributed by atoms with Gasteiger partial charge in [0.05, 0.1) is 6.61 Å². The van der Waals surface area contributed by atoms with E-state index in [1.54, 1.807) is 7.11 Å². The van der Waals surface area contributed by atoms with E-state index in [2.05, 4.69) is 30.6 Å². The van der Waals surface area contributed by atoms with E-state index in [1.165, 1.54) is 89.9 Å². The van der Waals surface area contributed by atoms with Gasteiger partial charge in [0.15, 0.2) is 0 Å². The van der Waals surface area contributed by atoms with Gasteiger partial charge in [0.1, 0.15) is 6.61 Å². The van der Waals surface area contributed by atoms with Crippen molar-refractivity contribution in [3.8, 4) is 23.7 Å². The Morgan fingerprint density at radius 1 is 0.613 bits per heavy atom. The summed E-state index contributed by atoms with van der Waals surface area (Å²) in [5.41, 5.74) is 0. The maximum absolute atomic E-state index is 11.4. The van der Waals surface area contributed by atoms with Crippen LogP contribution < -0.4 is 0 Å². The van der Waals surface area contributed by atoms with Crippen LogP contribution in [0.25, 0.3) is 0 Å². The van der Waals surface area contributed by atoms with Gasteiger partial charge in [0.2, 0.25) is 0 Å². The minimum atomic E-state index is -0.101. The Morgan fingerprint density at radius 3 is 1.55 bits per heavy atom. The fourth-order valence-electron chi connectivity index (χ4n) is 3.42. The van der Waals surface area contributed by atoms with E-state index >= 15 is 0 Å². The monoisotopic (exact) mass is 432 g/mol. The van der Waals surface area contributed by atoms with Crippen LogP contribution in [0.4, 0.5) is 0 Å². The van der Waals surface area contributed by atoms with Gasteiger partial charge in [-0.25, -0.2) is 0 Å². The number of esters is 1. The second kappa shape index (κ2) is 26.6. The van der Waals surface area contributed by atoms with E-state index in [1.807, 2.05) is 0 Å². The third kappa shape index (κ3) is 26.5. The molecule has 31 heavy (non-hydrogen) atoms. The predicted molar refractivity (Wildman–Crippen MR) is 132 cm³/mol. The Kier molecular flexibility index (Phi) is 25.3. The van der Waals surface area contributed by atoms with Gasteiger partial charge in [0, 0.05) is 26.4 Å². The van der Waals surface area contributed by atoms with Crippen molar-refractivity contribution in [1.82, 2.24) is 0 Å². The van der Waals surface area contributed by atoms with E-state index < -0.39 is 0 Å². The van der Waals surface area contributed by atoms with Crippen LogP contribution in [-0.2, 0) is 14.3 Å². The molecule has 0 amide bonds. The molecule has 0 saturated carbocycles. The third-order valence-corrected chi connectivity index (χ3v) is 5.38. The van der Waals surface area contributed by atoms with Crippen molar-refractivity contribution in [2.24, 2.45) is 0 Å². The molecule has 0 rings (SSSR count). The lowest BCUT2D eigenvalue weighted by molar-refractivity contribution is -0.145. The minimum absolute atomic E-state index is 0.101. The minimum Gasteiger partial charge on any atom is -0.463 e. The predicted octanol–water partition coefficient (Wildman–Crippen LogP) is 7.61. The Hall–Kier alpha value is -1.45. The molecule has 0 atom stereocenters. The lowest BCUT2D eigenvalue weighted by atomic mass is 10.1. The summed E-state index contributed by atoms with van der Waals surface area (Å²) in [6.45, 7) is 3.11. The van der Waals surface area contributed by atoms with Gasteiger partial charge in [-0.3, -0.25) is 4.79 Å². The van der Waals surface area contributed by atoms with Gasteiger partial charge in [-0.1, -0.05) is 102 Å². The van der Waals surface area contributed by atoms with Crippen LogP contribution in [0.15, 0.2) is 0 Å². The molecule has 0 fully saturated rings. The summed E-state index contributed by atoms with van der Waals surface area (Å²) in [5, 5.41) is 0. The van der Waals surface area contributed by atoms with E-state index in [-0.39, 0.29) is 5.97 Å². The van der Waals surface area contributed by atoms with Crippen LogP contribution in [0, 0.1) is 23.7 Å². The zero-order valence-electron chi connectivity index (χ0n) is 20.6. The first-order chi connectivity index (χ1) is 15.3. The molecule has 0 aliphatic rings. The van der Waals surface area contributed by atoms with Crippen LogP contribution in [0.1, 0.15) is 129 Å². The zero-order valence-corrected chi connectivity index (χ0v) is 20.6. The molecule has 3 nitrogen and oxygen atoms in total. The highest BCUT2D eigenvalue weighted by Gasteiger charge is 2.01. The number of rotatable bonds is 21. The van der Waals surface area contributed by atoms with Gasteiger partial charge in [0.25, 0.3) is 0 Å². The fraction of sp³-hybridized carbons (Fsp3) is 0.821. The number of unbranched alkanes of at least 4 members (excludes halogenated alkanes) is 16. The molecule has 0 bridgehead atoms. The highest BCUT2D eigenvalue weighted by molar-refractivity contribution is 5.69. The molecule has 0 spiro atoms. The van der Waals surface area contributed by atoms with Gasteiger partial charge in [-0.15, -0.1) is 0 Å². The Labute approximate surface area is 193 Å². The molecule has 0 aromatic carbocycles. The summed E-state index contributed by atoms with van der Waals surface area (Å²) >= 11 is 0. The number of hydrogen-bond donors (Lipinski definition) is 0. The van der Waals surface area contributed by atoms with Gasteiger partial charge < -0.3 is 9.47 Å². The van der Waals surface area contributed by atoms with E-state index in [4.69, 9.17) is 9.47 Å². The Balaban J connectivity index is 3.27. The molecular weight excluding hydrogens is 384 g/mol. The normalized spacial score (nSPS) is 10.1. The number of hydrogen-bond acceptors (Lipinski definition) is 3. The van der Waals surface area contributed by atoms with Crippen molar-refractivity contribution in [3.63, 3.8) is 0 Å². The maximum atomic E-state index is 11.4. The molecule has 3 heteroatoms. The topological polar surface area (TPSA) is 35.5 Å². The molecule has 0 aromatic heterocycles. The van der Waals surface area contributed by atoms with Gasteiger partial charge in [-0.2, -0.15) is 0 Å². The van der Waals surface area contributed by atoms with Crippen LogP contribution >= 0.6 is 0 Å². The van der Waals surface area contributed by atoms with Crippen LogP contribution in [0.5, 0.6) is 0 Å². The standard InChI is InChI=1S/C28H48O3/c1-3-4-5-6-7-8-9-10-11-12-13-14-15-16-17-18-19-20-21-22-23-24-25-28(29)31-27-26-30-2/h3-11,16-27H2,1-2H3. The molecule has 0 saturated heterocycles. The van der Waals surface area contributed by atoms with Crippen molar-refractivity contribution < 1.29 is 14.3 Å². The van der Waals surface area contributed by atoms with Crippen molar-refractivity contribution in [2.45, 2.75) is 129 Å². The molecule has 0 N–H and O–H groups in total. The van der Waals surface area contributed by atoms with Gasteiger partial charge in [-0.05, 0) is 31.1 Å². The van der Waals surface area contributed by atoms with Crippen LogP contribution in [-0.4, -0.2) is 26.3 Å². The molecule has 0 aliphatic carbocycles. The number of carbonyl (C=O) groups is 1. The largest absolute Gasteiger partial charge is 0.463 e. The Morgan fingerprint density at radius 2 is 1.06 bits per heavy atom. The molecule has 0 heterocycles. The smallest absolute Gasteiger partial charge is 0.305 e. The summed E-state index contributed by atoms with van der Waals surface area (Å²) in [6.07, 6.45) is 22.8.